The molecule has 0 spiro atoms. The Morgan fingerprint density at radius 3 is 3.14 bits per heavy atom. The number of halogens is 1. The summed E-state index contributed by atoms with van der Waals surface area (Å²) < 4.78 is 23.6. The molecule has 0 amide bonds. The van der Waals surface area contributed by atoms with E-state index in [1.165, 1.54) is 7.11 Å². The average Bonchev–Trinajstić information content (AvgIpc) is 2.88. The fourth-order valence-corrected chi connectivity index (χ4v) is 3.09. The van der Waals surface area contributed by atoms with E-state index in [2.05, 4.69) is 9.97 Å². The van der Waals surface area contributed by atoms with E-state index in [9.17, 15) is 14.3 Å². The number of aromatic nitrogens is 2. The van der Waals surface area contributed by atoms with E-state index in [0.717, 1.165) is 6.20 Å². The van der Waals surface area contributed by atoms with Gasteiger partial charge in [0.05, 0.1) is 25.3 Å². The Labute approximate surface area is 120 Å². The Morgan fingerprint density at radius 2 is 2.48 bits per heavy atom. The molecule has 0 aromatic carbocycles. The van der Waals surface area contributed by atoms with Crippen molar-refractivity contribution in [2.45, 2.75) is 6.42 Å². The normalized spacial score (nSPS) is 28.3. The number of methoxy groups -OCH3 is 1. The lowest BCUT2D eigenvalue weighted by molar-refractivity contribution is -0.157. The number of carboxylic acids is 1. The number of anilines is 1. The van der Waals surface area contributed by atoms with Crippen molar-refractivity contribution in [2.75, 3.05) is 38.3 Å². The molecule has 114 valence electrons. The number of rotatable bonds is 3. The third-order valence-corrected chi connectivity index (χ3v) is 4.31. The predicted octanol–water partition coefficient (Wildman–Crippen LogP) is 0.552. The largest absolute Gasteiger partial charge is 0.481 e. The summed E-state index contributed by atoms with van der Waals surface area (Å²) in [4.78, 5) is 21.4. The van der Waals surface area contributed by atoms with Crippen molar-refractivity contribution < 1.29 is 23.8 Å². The molecule has 8 heteroatoms. The first-order valence-corrected chi connectivity index (χ1v) is 6.69. The Bertz CT molecular complexity index is 570. The van der Waals surface area contributed by atoms with Crippen molar-refractivity contribution in [3.63, 3.8) is 0 Å². The molecule has 3 rings (SSSR count). The summed E-state index contributed by atoms with van der Waals surface area (Å²) in [7, 11) is 1.32. The smallest absolute Gasteiger partial charge is 0.311 e. The third kappa shape index (κ3) is 2.19. The molecular weight excluding hydrogens is 281 g/mol. The highest BCUT2D eigenvalue weighted by Gasteiger charge is 2.54. The van der Waals surface area contributed by atoms with Crippen molar-refractivity contribution in [1.29, 1.82) is 0 Å². The van der Waals surface area contributed by atoms with E-state index in [4.69, 9.17) is 9.47 Å². The number of ether oxygens (including phenoxy) is 2. The van der Waals surface area contributed by atoms with Crippen LogP contribution in [-0.4, -0.2) is 54.5 Å². The second-order valence-corrected chi connectivity index (χ2v) is 5.39. The second-order valence-electron chi connectivity index (χ2n) is 5.39. The number of hydrogen-bond acceptors (Lipinski definition) is 6. The van der Waals surface area contributed by atoms with Gasteiger partial charge in [-0.2, -0.15) is 9.37 Å². The van der Waals surface area contributed by atoms with Crippen LogP contribution < -0.4 is 9.64 Å². The van der Waals surface area contributed by atoms with Gasteiger partial charge in [-0.25, -0.2) is 4.98 Å². The molecule has 0 unspecified atom stereocenters. The van der Waals surface area contributed by atoms with Crippen LogP contribution in [0, 0.1) is 17.2 Å². The van der Waals surface area contributed by atoms with Crippen LogP contribution in [0.2, 0.25) is 0 Å². The molecule has 0 bridgehead atoms. The Kier molecular flexibility index (Phi) is 3.40. The third-order valence-electron chi connectivity index (χ3n) is 4.31. The maximum atomic E-state index is 13.4. The zero-order valence-corrected chi connectivity index (χ0v) is 11.6. The molecule has 7 nitrogen and oxygen atoms in total. The standard InChI is InChI=1S/C13H16FN3O4/c1-20-10-9(14)4-15-12(16-10)17-5-8-6-21-3-2-13(8,7-17)11(18)19/h4,8H,2-3,5-7H2,1H3,(H,18,19)/t8-,13+/m1/s1. The van der Waals surface area contributed by atoms with E-state index in [0.29, 0.717) is 32.7 Å². The van der Waals surface area contributed by atoms with Gasteiger partial charge in [0.15, 0.2) is 0 Å². The number of aliphatic carboxylic acids is 1. The second kappa shape index (κ2) is 5.10. The quantitative estimate of drug-likeness (QED) is 0.872. The Hall–Kier alpha value is -1.96. The first-order chi connectivity index (χ1) is 10.1. The lowest BCUT2D eigenvalue weighted by Crippen LogP contribution is -2.44. The molecule has 2 atom stereocenters. The molecule has 2 aliphatic heterocycles. The summed E-state index contributed by atoms with van der Waals surface area (Å²) in [6.45, 7) is 1.61. The van der Waals surface area contributed by atoms with E-state index >= 15 is 0 Å². The molecule has 1 aromatic heterocycles. The first kappa shape index (κ1) is 14.0. The van der Waals surface area contributed by atoms with Crippen molar-refractivity contribution in [3.8, 4) is 5.88 Å². The molecule has 2 fully saturated rings. The van der Waals surface area contributed by atoms with Gasteiger partial charge >= 0.3 is 5.97 Å². The predicted molar refractivity (Wildman–Crippen MR) is 69.7 cm³/mol. The SMILES string of the molecule is COc1nc(N2C[C@@H]3COCC[C@]3(C(=O)O)C2)ncc1F. The van der Waals surface area contributed by atoms with Crippen LogP contribution in [0.1, 0.15) is 6.42 Å². The maximum Gasteiger partial charge on any atom is 0.311 e. The molecule has 0 radical (unpaired) electrons. The molecule has 0 saturated carbocycles. The highest BCUT2D eigenvalue weighted by molar-refractivity contribution is 5.77. The lowest BCUT2D eigenvalue weighted by atomic mass is 9.74. The van der Waals surface area contributed by atoms with Gasteiger partial charge < -0.3 is 19.5 Å². The van der Waals surface area contributed by atoms with Gasteiger partial charge in [0.25, 0.3) is 5.88 Å². The van der Waals surface area contributed by atoms with E-state index in [1.54, 1.807) is 4.90 Å². The van der Waals surface area contributed by atoms with Crippen LogP contribution in [0.25, 0.3) is 0 Å². The summed E-state index contributed by atoms with van der Waals surface area (Å²) in [6.07, 6.45) is 1.49. The van der Waals surface area contributed by atoms with Crippen LogP contribution in [-0.2, 0) is 9.53 Å². The Morgan fingerprint density at radius 1 is 1.67 bits per heavy atom. The van der Waals surface area contributed by atoms with Gasteiger partial charge in [-0.1, -0.05) is 0 Å². The van der Waals surface area contributed by atoms with Crippen LogP contribution >= 0.6 is 0 Å². The molecule has 21 heavy (non-hydrogen) atoms. The van der Waals surface area contributed by atoms with E-state index in [-0.39, 0.29) is 17.7 Å². The highest BCUT2D eigenvalue weighted by Crippen LogP contribution is 2.43. The number of fused-ring (bicyclic) bond motifs is 1. The minimum absolute atomic E-state index is 0.122. The number of nitrogens with zero attached hydrogens (tertiary/aromatic N) is 3. The molecule has 2 saturated heterocycles. The average molecular weight is 297 g/mol. The molecule has 2 aliphatic rings. The van der Waals surface area contributed by atoms with Crippen LogP contribution in [0.15, 0.2) is 6.20 Å². The van der Waals surface area contributed by atoms with Crippen LogP contribution in [0.3, 0.4) is 0 Å². The van der Waals surface area contributed by atoms with Gasteiger partial charge in [0.1, 0.15) is 0 Å². The van der Waals surface area contributed by atoms with E-state index < -0.39 is 17.2 Å². The number of hydrogen-bond donors (Lipinski definition) is 1. The minimum Gasteiger partial charge on any atom is -0.481 e. The van der Waals surface area contributed by atoms with Gasteiger partial charge in [-0.15, -0.1) is 0 Å². The van der Waals surface area contributed by atoms with E-state index in [1.807, 2.05) is 0 Å². The zero-order valence-electron chi connectivity index (χ0n) is 11.6. The van der Waals surface area contributed by atoms with Crippen LogP contribution in [0.4, 0.5) is 10.3 Å². The van der Waals surface area contributed by atoms with Crippen molar-refractivity contribution in [3.05, 3.63) is 12.0 Å². The number of carbonyl (C=O) groups is 1. The zero-order chi connectivity index (χ0) is 15.0. The fourth-order valence-electron chi connectivity index (χ4n) is 3.09. The maximum absolute atomic E-state index is 13.4. The van der Waals surface area contributed by atoms with Crippen LogP contribution in [0.5, 0.6) is 5.88 Å². The number of carboxylic acid groups (broad SMARTS) is 1. The van der Waals surface area contributed by atoms with Crippen molar-refractivity contribution >= 4 is 11.9 Å². The summed E-state index contributed by atoms with van der Waals surface area (Å²) in [5, 5.41) is 9.60. The monoisotopic (exact) mass is 297 g/mol. The summed E-state index contributed by atoms with van der Waals surface area (Å²) in [5.41, 5.74) is -0.844. The summed E-state index contributed by atoms with van der Waals surface area (Å²) >= 11 is 0. The molecule has 1 N–H and O–H groups in total. The molecular formula is C13H16FN3O4. The van der Waals surface area contributed by atoms with Gasteiger partial charge in [0, 0.05) is 25.6 Å². The molecule has 0 aliphatic carbocycles. The summed E-state index contributed by atoms with van der Waals surface area (Å²) in [6, 6.07) is 0. The topological polar surface area (TPSA) is 84.8 Å². The van der Waals surface area contributed by atoms with Crippen molar-refractivity contribution in [2.24, 2.45) is 11.3 Å². The lowest BCUT2D eigenvalue weighted by Gasteiger charge is -2.33. The Balaban J connectivity index is 1.90. The van der Waals surface area contributed by atoms with Gasteiger partial charge in [0.2, 0.25) is 11.8 Å². The molecule has 3 heterocycles. The van der Waals surface area contributed by atoms with Crippen molar-refractivity contribution in [1.82, 2.24) is 9.97 Å². The highest BCUT2D eigenvalue weighted by atomic mass is 19.1. The first-order valence-electron chi connectivity index (χ1n) is 6.69. The van der Waals surface area contributed by atoms with Gasteiger partial charge in [-0.3, -0.25) is 4.79 Å². The summed E-state index contributed by atoms with van der Waals surface area (Å²) in [5.74, 6) is -1.45. The fraction of sp³-hybridized carbons (Fsp3) is 0.615. The molecule has 1 aromatic rings. The van der Waals surface area contributed by atoms with Gasteiger partial charge in [-0.05, 0) is 6.42 Å². The minimum atomic E-state index is -0.844.